The van der Waals surface area contributed by atoms with Crippen LogP contribution in [0.1, 0.15) is 38.8 Å². The highest BCUT2D eigenvalue weighted by Gasteiger charge is 2.14. The van der Waals surface area contributed by atoms with Gasteiger partial charge in [0, 0.05) is 4.47 Å². The van der Waals surface area contributed by atoms with Gasteiger partial charge in [0.2, 0.25) is 0 Å². The van der Waals surface area contributed by atoms with Crippen molar-refractivity contribution in [2.75, 3.05) is 0 Å². The fourth-order valence-electron chi connectivity index (χ4n) is 1.33. The fourth-order valence-corrected chi connectivity index (χ4v) is 2.04. The molecular formula is C13H17Br. The molecule has 0 saturated carbocycles. The molecule has 0 N–H and O–H groups in total. The Hall–Kier alpha value is -0.560. The van der Waals surface area contributed by atoms with E-state index < -0.39 is 0 Å². The molecule has 76 valence electrons. The molecule has 0 saturated heterocycles. The highest BCUT2D eigenvalue weighted by molar-refractivity contribution is 9.10. The van der Waals surface area contributed by atoms with E-state index in [0.29, 0.717) is 0 Å². The summed E-state index contributed by atoms with van der Waals surface area (Å²) in [5.74, 6) is 0. The Labute approximate surface area is 95.2 Å². The van der Waals surface area contributed by atoms with Gasteiger partial charge in [-0.1, -0.05) is 55.4 Å². The molecule has 0 aliphatic heterocycles. The minimum Gasteiger partial charge on any atom is -0.0955 e. The quantitative estimate of drug-likeness (QED) is 0.675. The van der Waals surface area contributed by atoms with E-state index in [0.717, 1.165) is 10.0 Å². The van der Waals surface area contributed by atoms with Crippen molar-refractivity contribution in [2.24, 2.45) is 0 Å². The minimum absolute atomic E-state index is 0.204. The zero-order valence-electron chi connectivity index (χ0n) is 9.32. The Bertz CT molecular complexity index is 356. The lowest BCUT2D eigenvalue weighted by atomic mass is 9.86. The zero-order chi connectivity index (χ0) is 10.9. The maximum absolute atomic E-state index is 3.95. The number of allylic oxidation sites excluding steroid dienone is 1. The first-order chi connectivity index (χ1) is 6.32. The van der Waals surface area contributed by atoms with Crippen LogP contribution in [0, 0.1) is 0 Å². The third-order valence-electron chi connectivity index (χ3n) is 2.29. The minimum atomic E-state index is 0.204. The molecule has 0 heterocycles. The maximum Gasteiger partial charge on any atom is 0.0253 e. The van der Waals surface area contributed by atoms with Gasteiger partial charge in [0.25, 0.3) is 0 Å². The topological polar surface area (TPSA) is 0 Å². The SMILES string of the molecule is C=C(C)c1ccc(C(C)(C)C)cc1Br. The molecule has 1 aromatic rings. The Balaban J connectivity index is 3.20. The summed E-state index contributed by atoms with van der Waals surface area (Å²) >= 11 is 3.58. The van der Waals surface area contributed by atoms with Gasteiger partial charge in [-0.15, -0.1) is 0 Å². The van der Waals surface area contributed by atoms with Crippen LogP contribution in [0.4, 0.5) is 0 Å². The summed E-state index contributed by atoms with van der Waals surface area (Å²) < 4.78 is 1.14. The highest BCUT2D eigenvalue weighted by atomic mass is 79.9. The van der Waals surface area contributed by atoms with Gasteiger partial charge in [-0.25, -0.2) is 0 Å². The standard InChI is InChI=1S/C13H17Br/c1-9(2)11-7-6-10(8-12(11)14)13(3,4)5/h6-8H,1H2,2-5H3. The Kier molecular flexibility index (Phi) is 3.20. The molecule has 0 spiro atoms. The third kappa shape index (κ3) is 2.48. The first-order valence-corrected chi connectivity index (χ1v) is 5.57. The third-order valence-corrected chi connectivity index (χ3v) is 2.95. The zero-order valence-corrected chi connectivity index (χ0v) is 10.9. The molecule has 14 heavy (non-hydrogen) atoms. The van der Waals surface area contributed by atoms with E-state index in [4.69, 9.17) is 0 Å². The molecule has 0 bridgehead atoms. The van der Waals surface area contributed by atoms with Gasteiger partial charge in [0.05, 0.1) is 0 Å². The second kappa shape index (κ2) is 3.90. The van der Waals surface area contributed by atoms with Crippen LogP contribution < -0.4 is 0 Å². The van der Waals surface area contributed by atoms with Crippen LogP contribution in [0.5, 0.6) is 0 Å². The van der Waals surface area contributed by atoms with E-state index in [1.54, 1.807) is 0 Å². The molecule has 0 aliphatic carbocycles. The predicted molar refractivity (Wildman–Crippen MR) is 67.6 cm³/mol. The predicted octanol–water partition coefficient (Wildman–Crippen LogP) is 4.78. The lowest BCUT2D eigenvalue weighted by Gasteiger charge is -2.20. The average Bonchev–Trinajstić information content (AvgIpc) is 2.01. The number of hydrogen-bond acceptors (Lipinski definition) is 0. The molecule has 0 unspecified atom stereocenters. The summed E-state index contributed by atoms with van der Waals surface area (Å²) in [6, 6.07) is 6.49. The van der Waals surface area contributed by atoms with Gasteiger partial charge in [0.15, 0.2) is 0 Å². The first-order valence-electron chi connectivity index (χ1n) is 4.78. The van der Waals surface area contributed by atoms with Crippen molar-refractivity contribution in [3.63, 3.8) is 0 Å². The maximum atomic E-state index is 3.95. The Morgan fingerprint density at radius 1 is 1.29 bits per heavy atom. The smallest absolute Gasteiger partial charge is 0.0253 e. The second-order valence-corrected chi connectivity index (χ2v) is 5.58. The molecule has 1 rings (SSSR count). The van der Waals surface area contributed by atoms with E-state index in [1.807, 2.05) is 6.92 Å². The van der Waals surface area contributed by atoms with E-state index in [2.05, 4.69) is 61.5 Å². The van der Waals surface area contributed by atoms with E-state index in [-0.39, 0.29) is 5.41 Å². The normalized spacial score (nSPS) is 11.5. The van der Waals surface area contributed by atoms with Crippen molar-refractivity contribution in [3.05, 3.63) is 40.4 Å². The largest absolute Gasteiger partial charge is 0.0955 e. The summed E-state index contributed by atoms with van der Waals surface area (Å²) in [5.41, 5.74) is 3.83. The Morgan fingerprint density at radius 3 is 2.21 bits per heavy atom. The lowest BCUT2D eigenvalue weighted by molar-refractivity contribution is 0.590. The molecule has 0 radical (unpaired) electrons. The van der Waals surface area contributed by atoms with Crippen molar-refractivity contribution < 1.29 is 0 Å². The van der Waals surface area contributed by atoms with Gasteiger partial charge in [0.1, 0.15) is 0 Å². The van der Waals surface area contributed by atoms with Crippen LogP contribution in [0.15, 0.2) is 29.3 Å². The van der Waals surface area contributed by atoms with Crippen molar-refractivity contribution in [3.8, 4) is 0 Å². The van der Waals surface area contributed by atoms with Gasteiger partial charge < -0.3 is 0 Å². The van der Waals surface area contributed by atoms with Crippen LogP contribution in [0.3, 0.4) is 0 Å². The number of benzene rings is 1. The molecule has 0 amide bonds. The summed E-state index contributed by atoms with van der Waals surface area (Å²) in [6.07, 6.45) is 0. The van der Waals surface area contributed by atoms with E-state index in [9.17, 15) is 0 Å². The molecular weight excluding hydrogens is 236 g/mol. The monoisotopic (exact) mass is 252 g/mol. The fraction of sp³-hybridized carbons (Fsp3) is 0.385. The van der Waals surface area contributed by atoms with Crippen LogP contribution in [0.2, 0.25) is 0 Å². The molecule has 1 aromatic carbocycles. The summed E-state index contributed by atoms with van der Waals surface area (Å²) in [5, 5.41) is 0. The second-order valence-electron chi connectivity index (χ2n) is 4.72. The van der Waals surface area contributed by atoms with Gasteiger partial charge in [-0.05, 0) is 35.1 Å². The highest BCUT2D eigenvalue weighted by Crippen LogP contribution is 2.29. The summed E-state index contributed by atoms with van der Waals surface area (Å²) in [7, 11) is 0. The molecule has 0 fully saturated rings. The van der Waals surface area contributed by atoms with Crippen molar-refractivity contribution in [2.45, 2.75) is 33.1 Å². The van der Waals surface area contributed by atoms with Crippen LogP contribution in [-0.4, -0.2) is 0 Å². The van der Waals surface area contributed by atoms with Gasteiger partial charge >= 0.3 is 0 Å². The van der Waals surface area contributed by atoms with Crippen LogP contribution in [-0.2, 0) is 5.41 Å². The van der Waals surface area contributed by atoms with Gasteiger partial charge in [-0.2, -0.15) is 0 Å². The molecule has 1 heteroatoms. The van der Waals surface area contributed by atoms with Crippen LogP contribution >= 0.6 is 15.9 Å². The van der Waals surface area contributed by atoms with E-state index in [1.165, 1.54) is 11.1 Å². The molecule has 0 atom stereocenters. The number of halogens is 1. The molecule has 0 nitrogen and oxygen atoms in total. The number of rotatable bonds is 1. The van der Waals surface area contributed by atoms with Crippen LogP contribution in [0.25, 0.3) is 5.57 Å². The summed E-state index contributed by atoms with van der Waals surface area (Å²) in [4.78, 5) is 0. The molecule has 0 aromatic heterocycles. The van der Waals surface area contributed by atoms with Gasteiger partial charge in [-0.3, -0.25) is 0 Å². The van der Waals surface area contributed by atoms with Crippen molar-refractivity contribution in [1.29, 1.82) is 0 Å². The van der Waals surface area contributed by atoms with Crippen molar-refractivity contribution >= 4 is 21.5 Å². The molecule has 0 aliphatic rings. The first kappa shape index (κ1) is 11.5. The average molecular weight is 253 g/mol. The Morgan fingerprint density at radius 2 is 1.86 bits per heavy atom. The number of hydrogen-bond donors (Lipinski definition) is 0. The van der Waals surface area contributed by atoms with E-state index >= 15 is 0 Å². The lowest BCUT2D eigenvalue weighted by Crippen LogP contribution is -2.10. The van der Waals surface area contributed by atoms with Crippen molar-refractivity contribution in [1.82, 2.24) is 0 Å². The summed E-state index contributed by atoms with van der Waals surface area (Å²) in [6.45, 7) is 12.6.